The van der Waals surface area contributed by atoms with Gasteiger partial charge < -0.3 is 39.8 Å². The number of nitrogen functional groups attached to an aromatic ring is 1. The average molecular weight is 362 g/mol. The number of aliphatic hydroxyl groups is 2. The highest BCUT2D eigenvalue weighted by Gasteiger charge is 2.45. The number of aliphatic hydroxyl groups excluding tert-OH is 2. The molecule has 0 amide bonds. The molecule has 0 bridgehead atoms. The van der Waals surface area contributed by atoms with Gasteiger partial charge in [0, 0.05) is 6.20 Å². The van der Waals surface area contributed by atoms with Gasteiger partial charge in [-0.1, -0.05) is 0 Å². The maximum atomic E-state index is 11.8. The SMILES string of the molecule is Nc1nc2c(ccn2[C@@H]2O[C@H](OCP(=O)(O)O)C(O)[C@@H]2O)c(=O)[nH]1. The summed E-state index contributed by atoms with van der Waals surface area (Å²) < 4.78 is 22.2. The van der Waals surface area contributed by atoms with Crippen molar-refractivity contribution in [2.24, 2.45) is 0 Å². The fourth-order valence-corrected chi connectivity index (χ4v) is 2.77. The summed E-state index contributed by atoms with van der Waals surface area (Å²) in [6.45, 7) is 0. The molecule has 7 N–H and O–H groups in total. The second-order valence-corrected chi connectivity index (χ2v) is 6.84. The van der Waals surface area contributed by atoms with E-state index in [2.05, 4.69) is 9.97 Å². The third-order valence-electron chi connectivity index (χ3n) is 3.48. The van der Waals surface area contributed by atoms with Gasteiger partial charge in [0.05, 0.1) is 5.39 Å². The van der Waals surface area contributed by atoms with Gasteiger partial charge >= 0.3 is 7.60 Å². The molecule has 0 radical (unpaired) electrons. The van der Waals surface area contributed by atoms with E-state index in [0.29, 0.717) is 0 Å². The van der Waals surface area contributed by atoms with Crippen molar-refractivity contribution in [2.75, 3.05) is 12.1 Å². The summed E-state index contributed by atoms with van der Waals surface area (Å²) in [6, 6.07) is 1.42. The number of aromatic amines is 1. The number of nitrogens with two attached hydrogens (primary N) is 1. The van der Waals surface area contributed by atoms with Gasteiger partial charge in [-0.05, 0) is 6.07 Å². The van der Waals surface area contributed by atoms with Crippen molar-refractivity contribution in [3.63, 3.8) is 0 Å². The van der Waals surface area contributed by atoms with E-state index in [-0.39, 0.29) is 17.0 Å². The molecular weight excluding hydrogens is 347 g/mol. The molecule has 0 saturated carbocycles. The highest BCUT2D eigenvalue weighted by atomic mass is 31.2. The van der Waals surface area contributed by atoms with E-state index in [9.17, 15) is 19.6 Å². The largest absolute Gasteiger partial charge is 0.385 e. The number of hydrogen-bond acceptors (Lipinski definition) is 8. The molecule has 4 atom stereocenters. The summed E-state index contributed by atoms with van der Waals surface area (Å²) in [7, 11) is -4.47. The number of hydrogen-bond donors (Lipinski definition) is 6. The van der Waals surface area contributed by atoms with E-state index >= 15 is 0 Å². The Balaban J connectivity index is 1.90. The minimum absolute atomic E-state index is 0.114. The smallest absolute Gasteiger partial charge is 0.351 e. The predicted octanol–water partition coefficient (Wildman–Crippen LogP) is -1.96. The molecule has 13 heteroatoms. The van der Waals surface area contributed by atoms with Crippen molar-refractivity contribution in [1.82, 2.24) is 14.5 Å². The van der Waals surface area contributed by atoms with Crippen LogP contribution < -0.4 is 11.3 Å². The van der Waals surface area contributed by atoms with Crippen LogP contribution in [0.2, 0.25) is 0 Å². The molecule has 0 spiro atoms. The molecule has 1 fully saturated rings. The Bertz CT molecular complexity index is 859. The first-order valence-electron chi connectivity index (χ1n) is 6.71. The van der Waals surface area contributed by atoms with Crippen molar-refractivity contribution < 1.29 is 34.0 Å². The van der Waals surface area contributed by atoms with Crippen LogP contribution in [-0.4, -0.2) is 59.4 Å². The molecule has 1 saturated heterocycles. The van der Waals surface area contributed by atoms with Crippen LogP contribution in [-0.2, 0) is 14.0 Å². The highest BCUT2D eigenvalue weighted by molar-refractivity contribution is 7.51. The van der Waals surface area contributed by atoms with Gasteiger partial charge in [0.25, 0.3) is 5.56 Å². The molecular formula is C11H15N4O8P. The van der Waals surface area contributed by atoms with E-state index in [1.807, 2.05) is 0 Å². The quantitative estimate of drug-likeness (QED) is 0.332. The van der Waals surface area contributed by atoms with E-state index < -0.39 is 44.2 Å². The van der Waals surface area contributed by atoms with Crippen LogP contribution in [0.3, 0.4) is 0 Å². The topological polar surface area (TPSA) is 193 Å². The molecule has 12 nitrogen and oxygen atoms in total. The molecule has 24 heavy (non-hydrogen) atoms. The Morgan fingerprint density at radius 3 is 2.79 bits per heavy atom. The Labute approximate surface area is 133 Å². The Hall–Kier alpha value is -1.79. The highest BCUT2D eigenvalue weighted by Crippen LogP contribution is 2.38. The van der Waals surface area contributed by atoms with Crippen LogP contribution in [0.5, 0.6) is 0 Å². The lowest BCUT2D eigenvalue weighted by atomic mass is 10.2. The van der Waals surface area contributed by atoms with Crippen LogP contribution in [0.15, 0.2) is 17.1 Å². The number of anilines is 1. The Morgan fingerprint density at radius 2 is 2.12 bits per heavy atom. The predicted molar refractivity (Wildman–Crippen MR) is 78.7 cm³/mol. The monoisotopic (exact) mass is 362 g/mol. The fraction of sp³-hybridized carbons (Fsp3) is 0.455. The molecule has 1 aliphatic rings. The third kappa shape index (κ3) is 3.08. The maximum Gasteiger partial charge on any atom is 0.351 e. The standard InChI is InChI=1S/C11H15N4O8P/c12-11-13-7-4(8(18)14-11)1-2-15(7)9-5(16)6(17)10(23-9)22-3-24(19,20)21/h1-2,5-6,9-10,16-17H,3H2,(H2,19,20,21)(H3,12,13,14,18)/t5-,6?,9+,10-/m0/s1. The van der Waals surface area contributed by atoms with Gasteiger partial charge in [-0.15, -0.1) is 0 Å². The number of H-pyrrole nitrogens is 1. The summed E-state index contributed by atoms with van der Waals surface area (Å²) in [6.07, 6.45) is -5.27. The molecule has 132 valence electrons. The van der Waals surface area contributed by atoms with E-state index in [0.717, 1.165) is 0 Å². The molecule has 0 aromatic carbocycles. The molecule has 2 aromatic rings. The van der Waals surface area contributed by atoms with Crippen LogP contribution >= 0.6 is 7.60 Å². The van der Waals surface area contributed by atoms with Crippen molar-refractivity contribution in [1.29, 1.82) is 0 Å². The van der Waals surface area contributed by atoms with Crippen LogP contribution in [0, 0.1) is 0 Å². The van der Waals surface area contributed by atoms with Crippen molar-refractivity contribution in [3.05, 3.63) is 22.6 Å². The van der Waals surface area contributed by atoms with Gasteiger partial charge in [0.15, 0.2) is 24.5 Å². The van der Waals surface area contributed by atoms with E-state index in [4.69, 9.17) is 25.0 Å². The van der Waals surface area contributed by atoms with Crippen molar-refractivity contribution in [2.45, 2.75) is 24.7 Å². The van der Waals surface area contributed by atoms with Crippen LogP contribution in [0.4, 0.5) is 5.95 Å². The first kappa shape index (κ1) is 17.0. The lowest BCUT2D eigenvalue weighted by Crippen LogP contribution is -2.33. The summed E-state index contributed by atoms with van der Waals surface area (Å²) in [5, 5.41) is 20.2. The normalized spacial score (nSPS) is 27.8. The number of nitrogens with zero attached hydrogens (tertiary/aromatic N) is 2. The van der Waals surface area contributed by atoms with Crippen molar-refractivity contribution >= 4 is 24.6 Å². The molecule has 2 aromatic heterocycles. The number of rotatable bonds is 4. The maximum absolute atomic E-state index is 11.8. The minimum Gasteiger partial charge on any atom is -0.385 e. The van der Waals surface area contributed by atoms with Crippen molar-refractivity contribution in [3.8, 4) is 0 Å². The first-order valence-corrected chi connectivity index (χ1v) is 8.51. The van der Waals surface area contributed by atoms with E-state index in [1.165, 1.54) is 16.8 Å². The summed E-state index contributed by atoms with van der Waals surface area (Å²) in [4.78, 5) is 35.7. The minimum atomic E-state index is -4.47. The zero-order chi connectivity index (χ0) is 17.6. The van der Waals surface area contributed by atoms with Gasteiger partial charge in [-0.2, -0.15) is 4.98 Å². The first-order chi connectivity index (χ1) is 11.2. The summed E-state index contributed by atoms with van der Waals surface area (Å²) in [5.41, 5.74) is 5.12. The van der Waals surface area contributed by atoms with Gasteiger partial charge in [0.2, 0.25) is 5.95 Å². The summed E-state index contributed by atoms with van der Waals surface area (Å²) in [5.74, 6) is -0.144. The molecule has 0 aliphatic carbocycles. The van der Waals surface area contributed by atoms with Gasteiger partial charge in [-0.3, -0.25) is 14.3 Å². The van der Waals surface area contributed by atoms with Gasteiger partial charge in [0.1, 0.15) is 12.2 Å². The third-order valence-corrected chi connectivity index (χ3v) is 3.96. The average Bonchev–Trinajstić information content (AvgIpc) is 3.00. The lowest BCUT2D eigenvalue weighted by molar-refractivity contribution is -0.167. The zero-order valence-corrected chi connectivity index (χ0v) is 12.9. The second kappa shape index (κ2) is 5.93. The lowest BCUT2D eigenvalue weighted by Gasteiger charge is -2.17. The second-order valence-electron chi connectivity index (χ2n) is 5.25. The van der Waals surface area contributed by atoms with Crippen LogP contribution in [0.25, 0.3) is 11.0 Å². The number of fused-ring (bicyclic) bond motifs is 1. The Morgan fingerprint density at radius 1 is 1.42 bits per heavy atom. The Kier molecular flexibility index (Phi) is 4.21. The molecule has 1 unspecified atom stereocenters. The summed E-state index contributed by atoms with van der Waals surface area (Å²) >= 11 is 0. The molecule has 3 rings (SSSR count). The molecule has 1 aliphatic heterocycles. The van der Waals surface area contributed by atoms with Gasteiger partial charge in [-0.25, -0.2) is 0 Å². The van der Waals surface area contributed by atoms with Crippen LogP contribution in [0.1, 0.15) is 6.23 Å². The number of aromatic nitrogens is 3. The number of ether oxygens (including phenoxy) is 2. The fourth-order valence-electron chi connectivity index (χ4n) is 2.43. The van der Waals surface area contributed by atoms with E-state index in [1.54, 1.807) is 0 Å². The number of nitrogens with one attached hydrogen (secondary N) is 1. The molecule has 3 heterocycles. The zero-order valence-electron chi connectivity index (χ0n) is 12.0.